The zero-order valence-electron chi connectivity index (χ0n) is 11.1. The van der Waals surface area contributed by atoms with Crippen LogP contribution in [0.5, 0.6) is 0 Å². The summed E-state index contributed by atoms with van der Waals surface area (Å²) < 4.78 is 5.73. The first-order valence-electron chi connectivity index (χ1n) is 5.67. The summed E-state index contributed by atoms with van der Waals surface area (Å²) in [6, 6.07) is 0. The van der Waals surface area contributed by atoms with Crippen LogP contribution in [0.4, 0.5) is 0 Å². The van der Waals surface area contributed by atoms with E-state index in [0.29, 0.717) is 21.1 Å². The fourth-order valence-corrected chi connectivity index (χ4v) is 3.06. The molecule has 8 heteroatoms. The highest BCUT2D eigenvalue weighted by molar-refractivity contribution is 7.20. The van der Waals surface area contributed by atoms with Crippen LogP contribution >= 0.6 is 11.3 Å². The largest absolute Gasteiger partial charge is 0.480 e. The van der Waals surface area contributed by atoms with E-state index in [1.54, 1.807) is 13.8 Å². The first-order chi connectivity index (χ1) is 9.36. The van der Waals surface area contributed by atoms with Crippen LogP contribution in [0.1, 0.15) is 21.1 Å². The molecule has 2 aromatic heterocycles. The maximum Gasteiger partial charge on any atom is 0.348 e. The van der Waals surface area contributed by atoms with Crippen molar-refractivity contribution < 1.29 is 19.4 Å². The zero-order chi connectivity index (χ0) is 15.0. The first kappa shape index (κ1) is 14.2. The molecule has 20 heavy (non-hydrogen) atoms. The number of aliphatic carboxylic acids is 1. The molecule has 0 aliphatic heterocycles. The number of carbonyl (C=O) groups is 2. The van der Waals surface area contributed by atoms with Crippen LogP contribution in [0.15, 0.2) is 4.79 Å². The predicted molar refractivity (Wildman–Crippen MR) is 72.3 cm³/mol. The highest BCUT2D eigenvalue weighted by Gasteiger charge is 2.21. The summed E-state index contributed by atoms with van der Waals surface area (Å²) in [5.74, 6) is -1.37. The molecule has 1 N–H and O–H groups in total. The molecule has 106 valence electrons. The fourth-order valence-electron chi connectivity index (χ4n) is 1.93. The van der Waals surface area contributed by atoms with Gasteiger partial charge >= 0.3 is 11.9 Å². The Morgan fingerprint density at radius 1 is 1.40 bits per heavy atom. The number of carboxylic acids is 1. The van der Waals surface area contributed by atoms with E-state index in [2.05, 4.69) is 9.72 Å². The number of hydrogen-bond acceptors (Lipinski definition) is 6. The number of thiophene rings is 1. The lowest BCUT2D eigenvalue weighted by atomic mass is 10.2. The van der Waals surface area contributed by atoms with Gasteiger partial charge in [-0.15, -0.1) is 11.3 Å². The maximum absolute atomic E-state index is 12.3. The predicted octanol–water partition coefficient (Wildman–Crippen LogP) is 0.946. The number of esters is 1. The third-order valence-electron chi connectivity index (χ3n) is 2.91. The minimum atomic E-state index is -1.13. The molecule has 2 heterocycles. The summed E-state index contributed by atoms with van der Waals surface area (Å²) in [6.45, 7) is 2.71. The smallest absolute Gasteiger partial charge is 0.348 e. The number of nitrogens with zero attached hydrogens (tertiary/aromatic N) is 2. The number of carboxylic acid groups (broad SMARTS) is 1. The molecule has 0 amide bonds. The molecule has 0 aliphatic carbocycles. The van der Waals surface area contributed by atoms with Gasteiger partial charge in [0.1, 0.15) is 22.1 Å². The van der Waals surface area contributed by atoms with Gasteiger partial charge in [-0.2, -0.15) is 0 Å². The standard InChI is InChI=1S/C12H12N2O5S/c1-5-8-10(20-9(5)12(18)19-3)13-6(2)14(11(8)17)4-7(15)16/h4H2,1-3H3,(H,15,16). The molecule has 7 nitrogen and oxygen atoms in total. The Bertz CT molecular complexity index is 774. The van der Waals surface area contributed by atoms with Crippen LogP contribution in [-0.4, -0.2) is 33.7 Å². The maximum atomic E-state index is 12.3. The minimum Gasteiger partial charge on any atom is -0.480 e. The van der Waals surface area contributed by atoms with E-state index in [1.165, 1.54) is 7.11 Å². The third kappa shape index (κ3) is 2.18. The molecule has 0 radical (unpaired) electrons. The number of aromatic nitrogens is 2. The Hall–Kier alpha value is -2.22. The van der Waals surface area contributed by atoms with Crippen LogP contribution < -0.4 is 5.56 Å². The van der Waals surface area contributed by atoms with Crippen LogP contribution in [0.3, 0.4) is 0 Å². The monoisotopic (exact) mass is 296 g/mol. The first-order valence-corrected chi connectivity index (χ1v) is 6.49. The number of aryl methyl sites for hydroxylation is 2. The highest BCUT2D eigenvalue weighted by Crippen LogP contribution is 2.27. The fraction of sp³-hybridized carbons (Fsp3) is 0.333. The molecule has 0 bridgehead atoms. The zero-order valence-corrected chi connectivity index (χ0v) is 11.9. The quantitative estimate of drug-likeness (QED) is 0.847. The molecule has 0 saturated carbocycles. The van der Waals surface area contributed by atoms with Gasteiger partial charge in [-0.1, -0.05) is 0 Å². The van der Waals surface area contributed by atoms with Gasteiger partial charge in [-0.25, -0.2) is 9.78 Å². The molecular formula is C12H12N2O5S. The summed E-state index contributed by atoms with van der Waals surface area (Å²) >= 11 is 1.07. The molecular weight excluding hydrogens is 284 g/mol. The van der Waals surface area contributed by atoms with Crippen molar-refractivity contribution in [1.82, 2.24) is 9.55 Å². The summed E-state index contributed by atoms with van der Waals surface area (Å²) in [5.41, 5.74) is 0.00675. The van der Waals surface area contributed by atoms with Crippen molar-refractivity contribution in [2.24, 2.45) is 0 Å². The third-order valence-corrected chi connectivity index (χ3v) is 4.07. The Balaban J connectivity index is 2.78. The lowest BCUT2D eigenvalue weighted by Gasteiger charge is -2.06. The Labute approximate surface area is 117 Å². The number of fused-ring (bicyclic) bond motifs is 1. The summed E-state index contributed by atoms with van der Waals surface area (Å²) in [7, 11) is 1.26. The normalized spacial score (nSPS) is 10.8. The Kier molecular flexibility index (Phi) is 3.58. The van der Waals surface area contributed by atoms with Gasteiger partial charge in [0.15, 0.2) is 0 Å². The second kappa shape index (κ2) is 5.04. The molecule has 2 aromatic rings. The van der Waals surface area contributed by atoms with E-state index >= 15 is 0 Å². The second-order valence-corrected chi connectivity index (χ2v) is 5.17. The van der Waals surface area contributed by atoms with Gasteiger partial charge < -0.3 is 9.84 Å². The molecule has 0 aliphatic rings. The Morgan fingerprint density at radius 2 is 2.05 bits per heavy atom. The summed E-state index contributed by atoms with van der Waals surface area (Å²) in [6.07, 6.45) is 0. The van der Waals surface area contributed by atoms with Gasteiger partial charge in [-0.05, 0) is 19.4 Å². The number of rotatable bonds is 3. The summed E-state index contributed by atoms with van der Waals surface area (Å²) in [5, 5.41) is 9.10. The van der Waals surface area contributed by atoms with Crippen molar-refractivity contribution in [3.05, 3.63) is 26.6 Å². The van der Waals surface area contributed by atoms with Crippen molar-refractivity contribution in [3.63, 3.8) is 0 Å². The van der Waals surface area contributed by atoms with Crippen LogP contribution in [-0.2, 0) is 16.1 Å². The minimum absolute atomic E-state index is 0.266. The van der Waals surface area contributed by atoms with Crippen molar-refractivity contribution in [3.8, 4) is 0 Å². The van der Waals surface area contributed by atoms with Gasteiger partial charge in [0.05, 0.1) is 12.5 Å². The average molecular weight is 296 g/mol. The van der Waals surface area contributed by atoms with Crippen molar-refractivity contribution >= 4 is 33.5 Å². The van der Waals surface area contributed by atoms with E-state index in [4.69, 9.17) is 5.11 Å². The van der Waals surface area contributed by atoms with Gasteiger partial charge in [0.25, 0.3) is 5.56 Å². The average Bonchev–Trinajstić information content (AvgIpc) is 2.70. The number of methoxy groups -OCH3 is 1. The number of carbonyl (C=O) groups excluding carboxylic acids is 1. The molecule has 0 spiro atoms. The molecule has 0 fully saturated rings. The van der Waals surface area contributed by atoms with Gasteiger partial charge in [0.2, 0.25) is 0 Å². The SMILES string of the molecule is COC(=O)c1sc2nc(C)n(CC(=O)O)c(=O)c2c1C. The van der Waals surface area contributed by atoms with E-state index in [-0.39, 0.29) is 5.39 Å². The molecule has 2 rings (SSSR count). The van der Waals surface area contributed by atoms with Crippen molar-refractivity contribution in [2.45, 2.75) is 20.4 Å². The molecule has 0 saturated heterocycles. The lowest BCUT2D eigenvalue weighted by Crippen LogP contribution is -2.27. The van der Waals surface area contributed by atoms with Gasteiger partial charge in [0, 0.05) is 0 Å². The number of hydrogen-bond donors (Lipinski definition) is 1. The molecule has 0 aromatic carbocycles. The Morgan fingerprint density at radius 3 is 2.60 bits per heavy atom. The summed E-state index contributed by atoms with van der Waals surface area (Å²) in [4.78, 5) is 39.7. The van der Waals surface area contributed by atoms with Crippen molar-refractivity contribution in [1.29, 1.82) is 0 Å². The van der Waals surface area contributed by atoms with E-state index in [0.717, 1.165) is 15.9 Å². The van der Waals surface area contributed by atoms with Gasteiger partial charge in [-0.3, -0.25) is 14.2 Å². The van der Waals surface area contributed by atoms with E-state index in [1.807, 2.05) is 0 Å². The van der Waals surface area contributed by atoms with Crippen molar-refractivity contribution in [2.75, 3.05) is 7.11 Å². The molecule has 0 atom stereocenters. The second-order valence-electron chi connectivity index (χ2n) is 4.17. The van der Waals surface area contributed by atoms with Crippen LogP contribution in [0.25, 0.3) is 10.2 Å². The van der Waals surface area contributed by atoms with Crippen LogP contribution in [0, 0.1) is 13.8 Å². The van der Waals surface area contributed by atoms with Crippen LogP contribution in [0.2, 0.25) is 0 Å². The number of ether oxygens (including phenoxy) is 1. The lowest BCUT2D eigenvalue weighted by molar-refractivity contribution is -0.137. The topological polar surface area (TPSA) is 98.5 Å². The highest BCUT2D eigenvalue weighted by atomic mass is 32.1. The van der Waals surface area contributed by atoms with E-state index < -0.39 is 24.0 Å². The molecule has 0 unspecified atom stereocenters. The van der Waals surface area contributed by atoms with E-state index in [9.17, 15) is 14.4 Å².